The van der Waals surface area contributed by atoms with Crippen LogP contribution in [-0.4, -0.2) is 27.3 Å². The lowest BCUT2D eigenvalue weighted by molar-refractivity contribution is 0.201. The average Bonchev–Trinajstić information content (AvgIpc) is 3.20. The summed E-state index contributed by atoms with van der Waals surface area (Å²) < 4.78 is 5.80. The SMILES string of the molecule is O=C(NCc1ccc(OC2CCCC2)nc1)Nc1cn[nH]c1. The van der Waals surface area contributed by atoms with Crippen molar-refractivity contribution in [1.82, 2.24) is 20.5 Å². The van der Waals surface area contributed by atoms with Crippen LogP contribution in [0.1, 0.15) is 31.2 Å². The molecule has 3 rings (SSSR count). The Bertz CT molecular complexity index is 591. The van der Waals surface area contributed by atoms with Gasteiger partial charge in [-0.25, -0.2) is 9.78 Å². The number of nitrogens with one attached hydrogen (secondary N) is 3. The average molecular weight is 301 g/mol. The maximum absolute atomic E-state index is 11.7. The van der Waals surface area contributed by atoms with E-state index in [1.165, 1.54) is 19.0 Å². The summed E-state index contributed by atoms with van der Waals surface area (Å²) in [5, 5.41) is 11.8. The summed E-state index contributed by atoms with van der Waals surface area (Å²) in [7, 11) is 0. The van der Waals surface area contributed by atoms with Crippen molar-refractivity contribution in [1.29, 1.82) is 0 Å². The normalized spacial score (nSPS) is 14.7. The molecule has 0 aromatic carbocycles. The van der Waals surface area contributed by atoms with Crippen molar-refractivity contribution in [3.8, 4) is 5.88 Å². The molecule has 2 amide bonds. The summed E-state index contributed by atoms with van der Waals surface area (Å²) >= 11 is 0. The van der Waals surface area contributed by atoms with Gasteiger partial charge in [0, 0.05) is 25.0 Å². The van der Waals surface area contributed by atoms with Crippen molar-refractivity contribution >= 4 is 11.7 Å². The molecule has 22 heavy (non-hydrogen) atoms. The minimum Gasteiger partial charge on any atom is -0.474 e. The van der Waals surface area contributed by atoms with Crippen molar-refractivity contribution in [2.45, 2.75) is 38.3 Å². The highest BCUT2D eigenvalue weighted by Crippen LogP contribution is 2.22. The van der Waals surface area contributed by atoms with Gasteiger partial charge < -0.3 is 15.4 Å². The van der Waals surface area contributed by atoms with Crippen LogP contribution in [0.2, 0.25) is 0 Å². The first-order valence-corrected chi connectivity index (χ1v) is 7.45. The van der Waals surface area contributed by atoms with Gasteiger partial charge in [-0.1, -0.05) is 6.07 Å². The number of aromatic nitrogens is 3. The number of H-pyrrole nitrogens is 1. The number of amides is 2. The molecule has 0 unspecified atom stereocenters. The lowest BCUT2D eigenvalue weighted by Crippen LogP contribution is -2.28. The molecule has 0 saturated heterocycles. The van der Waals surface area contributed by atoms with E-state index in [4.69, 9.17) is 4.74 Å². The Hall–Kier alpha value is -2.57. The number of hydrogen-bond acceptors (Lipinski definition) is 4. The molecule has 2 aromatic heterocycles. The Labute approximate surface area is 128 Å². The minimum atomic E-state index is -0.285. The third-order valence-corrected chi connectivity index (χ3v) is 3.60. The zero-order valence-electron chi connectivity index (χ0n) is 12.2. The first-order chi connectivity index (χ1) is 10.8. The molecule has 0 atom stereocenters. The van der Waals surface area contributed by atoms with Gasteiger partial charge in [-0.05, 0) is 31.2 Å². The maximum Gasteiger partial charge on any atom is 0.319 e. The topological polar surface area (TPSA) is 91.9 Å². The Balaban J connectivity index is 1.45. The van der Waals surface area contributed by atoms with E-state index in [9.17, 15) is 4.79 Å². The largest absolute Gasteiger partial charge is 0.474 e. The summed E-state index contributed by atoms with van der Waals surface area (Å²) in [5.41, 5.74) is 1.54. The molecule has 2 aromatic rings. The second-order valence-electron chi connectivity index (χ2n) is 5.32. The monoisotopic (exact) mass is 301 g/mol. The lowest BCUT2D eigenvalue weighted by Gasteiger charge is -2.12. The molecule has 1 aliphatic rings. The summed E-state index contributed by atoms with van der Waals surface area (Å²) in [4.78, 5) is 16.0. The van der Waals surface area contributed by atoms with Gasteiger partial charge in [-0.3, -0.25) is 5.10 Å². The van der Waals surface area contributed by atoms with E-state index in [-0.39, 0.29) is 6.03 Å². The Morgan fingerprint density at radius 3 is 2.86 bits per heavy atom. The van der Waals surface area contributed by atoms with Crippen LogP contribution in [0.5, 0.6) is 5.88 Å². The van der Waals surface area contributed by atoms with E-state index in [0.717, 1.165) is 18.4 Å². The predicted molar refractivity (Wildman–Crippen MR) is 81.6 cm³/mol. The molecule has 1 fully saturated rings. The van der Waals surface area contributed by atoms with Crippen LogP contribution in [0, 0.1) is 0 Å². The van der Waals surface area contributed by atoms with E-state index >= 15 is 0 Å². The van der Waals surface area contributed by atoms with Crippen molar-refractivity contribution in [2.24, 2.45) is 0 Å². The van der Waals surface area contributed by atoms with Gasteiger partial charge >= 0.3 is 6.03 Å². The zero-order chi connectivity index (χ0) is 15.2. The van der Waals surface area contributed by atoms with E-state index < -0.39 is 0 Å². The van der Waals surface area contributed by atoms with Crippen LogP contribution in [0.3, 0.4) is 0 Å². The van der Waals surface area contributed by atoms with Gasteiger partial charge in [0.1, 0.15) is 6.10 Å². The first-order valence-electron chi connectivity index (χ1n) is 7.45. The Morgan fingerprint density at radius 2 is 2.18 bits per heavy atom. The van der Waals surface area contributed by atoms with Crippen molar-refractivity contribution < 1.29 is 9.53 Å². The molecule has 7 heteroatoms. The fourth-order valence-corrected chi connectivity index (χ4v) is 2.44. The molecule has 116 valence electrons. The molecule has 1 aliphatic carbocycles. The summed E-state index contributed by atoms with van der Waals surface area (Å²) in [6, 6.07) is 3.48. The smallest absolute Gasteiger partial charge is 0.319 e. The van der Waals surface area contributed by atoms with Crippen LogP contribution in [-0.2, 0) is 6.54 Å². The highest BCUT2D eigenvalue weighted by atomic mass is 16.5. The van der Waals surface area contributed by atoms with E-state index in [0.29, 0.717) is 24.2 Å². The molecule has 0 aliphatic heterocycles. The van der Waals surface area contributed by atoms with Gasteiger partial charge in [0.25, 0.3) is 0 Å². The van der Waals surface area contributed by atoms with E-state index in [2.05, 4.69) is 25.8 Å². The molecule has 7 nitrogen and oxygen atoms in total. The number of urea groups is 1. The molecular weight excluding hydrogens is 282 g/mol. The first kappa shape index (κ1) is 14.4. The predicted octanol–water partition coefficient (Wildman–Crippen LogP) is 2.45. The molecule has 1 saturated carbocycles. The molecule has 0 spiro atoms. The van der Waals surface area contributed by atoms with Crippen LogP contribution in [0.15, 0.2) is 30.7 Å². The molecule has 0 radical (unpaired) electrons. The van der Waals surface area contributed by atoms with Crippen LogP contribution < -0.4 is 15.4 Å². The molecule has 2 heterocycles. The van der Waals surface area contributed by atoms with Crippen LogP contribution >= 0.6 is 0 Å². The summed E-state index contributed by atoms with van der Waals surface area (Å²) in [6.07, 6.45) is 9.86. The van der Waals surface area contributed by atoms with E-state index in [1.807, 2.05) is 12.1 Å². The number of pyridine rings is 1. The molecule has 3 N–H and O–H groups in total. The van der Waals surface area contributed by atoms with Gasteiger partial charge in [0.05, 0.1) is 11.9 Å². The van der Waals surface area contributed by atoms with Crippen molar-refractivity contribution in [3.63, 3.8) is 0 Å². The second kappa shape index (κ2) is 6.93. The number of ether oxygens (including phenoxy) is 1. The second-order valence-corrected chi connectivity index (χ2v) is 5.32. The quantitative estimate of drug-likeness (QED) is 0.791. The number of hydrogen-bond donors (Lipinski definition) is 3. The number of anilines is 1. The zero-order valence-corrected chi connectivity index (χ0v) is 12.2. The number of aromatic amines is 1. The number of carbonyl (C=O) groups is 1. The van der Waals surface area contributed by atoms with Crippen LogP contribution in [0.4, 0.5) is 10.5 Å². The highest BCUT2D eigenvalue weighted by Gasteiger charge is 2.16. The number of carbonyl (C=O) groups excluding carboxylic acids is 1. The number of rotatable bonds is 5. The van der Waals surface area contributed by atoms with Gasteiger partial charge in [-0.2, -0.15) is 5.10 Å². The highest BCUT2D eigenvalue weighted by molar-refractivity contribution is 5.88. The third-order valence-electron chi connectivity index (χ3n) is 3.60. The van der Waals surface area contributed by atoms with Crippen molar-refractivity contribution in [3.05, 3.63) is 36.3 Å². The Kier molecular flexibility index (Phi) is 4.53. The summed E-state index contributed by atoms with van der Waals surface area (Å²) in [5.74, 6) is 0.651. The maximum atomic E-state index is 11.7. The Morgan fingerprint density at radius 1 is 1.32 bits per heavy atom. The van der Waals surface area contributed by atoms with Crippen molar-refractivity contribution in [2.75, 3.05) is 5.32 Å². The fourth-order valence-electron chi connectivity index (χ4n) is 2.44. The third kappa shape index (κ3) is 3.97. The van der Waals surface area contributed by atoms with Gasteiger partial charge in [-0.15, -0.1) is 0 Å². The fraction of sp³-hybridized carbons (Fsp3) is 0.400. The van der Waals surface area contributed by atoms with Gasteiger partial charge in [0.2, 0.25) is 5.88 Å². The van der Waals surface area contributed by atoms with Gasteiger partial charge in [0.15, 0.2) is 0 Å². The number of nitrogens with zero attached hydrogens (tertiary/aromatic N) is 2. The molecular formula is C15H19N5O2. The minimum absolute atomic E-state index is 0.285. The van der Waals surface area contributed by atoms with E-state index in [1.54, 1.807) is 12.4 Å². The lowest BCUT2D eigenvalue weighted by atomic mass is 10.3. The summed E-state index contributed by atoms with van der Waals surface area (Å²) in [6.45, 7) is 0.403. The standard InChI is InChI=1S/C15H19N5O2/c21-15(20-12-9-18-19-10-12)17-8-11-5-6-14(16-7-11)22-13-3-1-2-4-13/h5-7,9-10,13H,1-4,8H2,(H,18,19)(H2,17,20,21). The van der Waals surface area contributed by atoms with Crippen LogP contribution in [0.25, 0.3) is 0 Å². The molecule has 0 bridgehead atoms.